The molecule has 2 aromatic rings. The van der Waals surface area contributed by atoms with Gasteiger partial charge in [-0.05, 0) is 53.0 Å². The molecule has 0 saturated carbocycles. The first-order valence-corrected chi connectivity index (χ1v) is 7.46. The van der Waals surface area contributed by atoms with E-state index >= 15 is 0 Å². The molecule has 2 nitrogen and oxygen atoms in total. The van der Waals surface area contributed by atoms with Gasteiger partial charge in [-0.1, -0.05) is 12.1 Å². The zero-order valence-corrected chi connectivity index (χ0v) is 12.8. The van der Waals surface area contributed by atoms with Crippen LogP contribution >= 0.6 is 27.3 Å². The summed E-state index contributed by atoms with van der Waals surface area (Å²) in [5.74, 6) is 0.912. The van der Waals surface area contributed by atoms with Gasteiger partial charge >= 0.3 is 0 Å². The molecule has 1 heterocycles. The molecule has 96 valence electrons. The van der Waals surface area contributed by atoms with Gasteiger partial charge in [0, 0.05) is 21.3 Å². The summed E-state index contributed by atoms with van der Waals surface area (Å²) < 4.78 is 7.11. The van der Waals surface area contributed by atoms with E-state index in [0.29, 0.717) is 6.54 Å². The van der Waals surface area contributed by atoms with E-state index in [1.807, 2.05) is 17.5 Å². The van der Waals surface area contributed by atoms with E-state index in [1.165, 1.54) is 11.1 Å². The molecule has 0 bridgehead atoms. The Morgan fingerprint density at radius 2 is 2.17 bits per heavy atom. The zero-order chi connectivity index (χ0) is 13.1. The zero-order valence-electron chi connectivity index (χ0n) is 10.4. The normalized spacial score (nSPS) is 12.4. The molecule has 1 aromatic carbocycles. The second kappa shape index (κ2) is 5.87. The predicted molar refractivity (Wildman–Crippen MR) is 80.4 cm³/mol. The topological polar surface area (TPSA) is 35.2 Å². The van der Waals surface area contributed by atoms with Crippen LogP contribution in [0.3, 0.4) is 0 Å². The van der Waals surface area contributed by atoms with Gasteiger partial charge in [-0.15, -0.1) is 11.3 Å². The number of ether oxygens (including phenoxy) is 1. The second-order valence-electron chi connectivity index (χ2n) is 4.21. The van der Waals surface area contributed by atoms with Crippen molar-refractivity contribution < 1.29 is 4.74 Å². The molecule has 2 N–H and O–H groups in total. The van der Waals surface area contributed by atoms with Crippen molar-refractivity contribution in [1.29, 1.82) is 0 Å². The molecule has 0 amide bonds. The van der Waals surface area contributed by atoms with Crippen molar-refractivity contribution in [2.45, 2.75) is 20.0 Å². The summed E-state index contributed by atoms with van der Waals surface area (Å²) in [4.78, 5) is 1.14. The molecular weight excluding hydrogens is 310 g/mol. The molecule has 0 aliphatic rings. The van der Waals surface area contributed by atoms with Crippen LogP contribution in [0.4, 0.5) is 0 Å². The van der Waals surface area contributed by atoms with Crippen LogP contribution in [-0.4, -0.2) is 6.54 Å². The lowest BCUT2D eigenvalue weighted by Gasteiger charge is -2.18. The molecule has 0 aliphatic carbocycles. The minimum atomic E-state index is -0.0817. The van der Waals surface area contributed by atoms with Gasteiger partial charge in [0.25, 0.3) is 0 Å². The highest BCUT2D eigenvalue weighted by atomic mass is 79.9. The number of thiophene rings is 1. The van der Waals surface area contributed by atoms with Crippen molar-refractivity contribution in [1.82, 2.24) is 0 Å². The molecule has 2 rings (SSSR count). The van der Waals surface area contributed by atoms with Gasteiger partial charge in [0.05, 0.1) is 0 Å². The summed E-state index contributed by atoms with van der Waals surface area (Å²) >= 11 is 5.11. The number of halogens is 1. The first-order chi connectivity index (χ1) is 8.61. The van der Waals surface area contributed by atoms with Crippen LogP contribution in [0, 0.1) is 13.8 Å². The Morgan fingerprint density at radius 1 is 1.39 bits per heavy atom. The summed E-state index contributed by atoms with van der Waals surface area (Å²) in [6.07, 6.45) is -0.0817. The number of nitrogens with two attached hydrogens (primary N) is 1. The summed E-state index contributed by atoms with van der Waals surface area (Å²) in [5, 5.41) is 2.05. The first-order valence-electron chi connectivity index (χ1n) is 5.78. The average molecular weight is 326 g/mol. The van der Waals surface area contributed by atoms with Gasteiger partial charge < -0.3 is 10.5 Å². The third-order valence-corrected chi connectivity index (χ3v) is 4.73. The Labute approximate surface area is 120 Å². The van der Waals surface area contributed by atoms with E-state index in [1.54, 1.807) is 11.3 Å². The lowest BCUT2D eigenvalue weighted by Crippen LogP contribution is -2.17. The largest absolute Gasteiger partial charge is 0.483 e. The van der Waals surface area contributed by atoms with Gasteiger partial charge in [-0.2, -0.15) is 0 Å². The van der Waals surface area contributed by atoms with Crippen LogP contribution in [-0.2, 0) is 0 Å². The highest BCUT2D eigenvalue weighted by Crippen LogP contribution is 2.30. The molecule has 0 aliphatic heterocycles. The SMILES string of the molecule is Cc1cccc(OC(CN)c2cc(Br)cs2)c1C. The lowest BCUT2D eigenvalue weighted by molar-refractivity contribution is 0.216. The maximum atomic E-state index is 6.04. The molecule has 0 spiro atoms. The molecule has 0 fully saturated rings. The van der Waals surface area contributed by atoms with E-state index in [0.717, 1.165) is 15.1 Å². The van der Waals surface area contributed by atoms with Crippen LogP contribution in [0.25, 0.3) is 0 Å². The number of aryl methyl sites for hydroxylation is 1. The van der Waals surface area contributed by atoms with Crippen molar-refractivity contribution in [2.75, 3.05) is 6.54 Å². The fraction of sp³-hybridized carbons (Fsp3) is 0.286. The second-order valence-corrected chi connectivity index (χ2v) is 6.07. The Bertz CT molecular complexity index is 538. The summed E-state index contributed by atoms with van der Waals surface area (Å²) in [6.45, 7) is 4.63. The van der Waals surface area contributed by atoms with E-state index in [9.17, 15) is 0 Å². The Hall–Kier alpha value is -0.840. The van der Waals surface area contributed by atoms with Crippen molar-refractivity contribution in [3.8, 4) is 5.75 Å². The third kappa shape index (κ3) is 2.94. The van der Waals surface area contributed by atoms with E-state index in [4.69, 9.17) is 10.5 Å². The van der Waals surface area contributed by atoms with Gasteiger partial charge in [0.15, 0.2) is 0 Å². The Morgan fingerprint density at radius 3 is 2.78 bits per heavy atom. The van der Waals surface area contributed by atoms with Crippen LogP contribution in [0.1, 0.15) is 22.1 Å². The van der Waals surface area contributed by atoms with Crippen LogP contribution in [0.2, 0.25) is 0 Å². The first kappa shape index (κ1) is 13.6. The Kier molecular flexibility index (Phi) is 4.43. The number of rotatable bonds is 4. The number of benzene rings is 1. The molecule has 0 radical (unpaired) electrons. The average Bonchev–Trinajstić information content (AvgIpc) is 2.78. The third-order valence-electron chi connectivity index (χ3n) is 2.94. The highest BCUT2D eigenvalue weighted by molar-refractivity contribution is 9.10. The molecule has 4 heteroatoms. The number of hydrogen-bond donors (Lipinski definition) is 1. The summed E-state index contributed by atoms with van der Waals surface area (Å²) in [6, 6.07) is 8.15. The van der Waals surface area contributed by atoms with Gasteiger partial charge in [0.1, 0.15) is 11.9 Å². The maximum Gasteiger partial charge on any atom is 0.145 e. The van der Waals surface area contributed by atoms with E-state index in [-0.39, 0.29) is 6.10 Å². The molecule has 1 atom stereocenters. The molecule has 1 unspecified atom stereocenters. The van der Waals surface area contributed by atoms with Crippen molar-refractivity contribution in [3.05, 3.63) is 50.1 Å². The van der Waals surface area contributed by atoms with Gasteiger partial charge in [-0.3, -0.25) is 0 Å². The van der Waals surface area contributed by atoms with Gasteiger partial charge in [0.2, 0.25) is 0 Å². The minimum absolute atomic E-state index is 0.0817. The van der Waals surface area contributed by atoms with Crippen molar-refractivity contribution in [3.63, 3.8) is 0 Å². The standard InChI is InChI=1S/C14H16BrNOS/c1-9-4-3-5-12(10(9)2)17-13(7-16)14-6-11(15)8-18-14/h3-6,8,13H,7,16H2,1-2H3. The molecule has 0 saturated heterocycles. The Balaban J connectivity index is 2.23. The minimum Gasteiger partial charge on any atom is -0.483 e. The molecule has 18 heavy (non-hydrogen) atoms. The van der Waals surface area contributed by atoms with E-state index in [2.05, 4.69) is 41.9 Å². The fourth-order valence-electron chi connectivity index (χ4n) is 1.72. The van der Waals surface area contributed by atoms with Crippen LogP contribution in [0.15, 0.2) is 34.1 Å². The monoisotopic (exact) mass is 325 g/mol. The van der Waals surface area contributed by atoms with Crippen LogP contribution < -0.4 is 10.5 Å². The van der Waals surface area contributed by atoms with E-state index < -0.39 is 0 Å². The molecular formula is C14H16BrNOS. The van der Waals surface area contributed by atoms with Crippen molar-refractivity contribution >= 4 is 27.3 Å². The summed E-state index contributed by atoms with van der Waals surface area (Å²) in [7, 11) is 0. The maximum absolute atomic E-state index is 6.04. The highest BCUT2D eigenvalue weighted by Gasteiger charge is 2.15. The fourth-order valence-corrected chi connectivity index (χ4v) is 3.21. The quantitative estimate of drug-likeness (QED) is 0.914. The molecule has 1 aromatic heterocycles. The van der Waals surface area contributed by atoms with Crippen LogP contribution in [0.5, 0.6) is 5.75 Å². The van der Waals surface area contributed by atoms with Crippen molar-refractivity contribution in [2.24, 2.45) is 5.73 Å². The summed E-state index contributed by atoms with van der Waals surface area (Å²) in [5.41, 5.74) is 8.22. The predicted octanol–water partition coefficient (Wildman–Crippen LogP) is 4.21. The van der Waals surface area contributed by atoms with Gasteiger partial charge in [-0.25, -0.2) is 0 Å². The lowest BCUT2D eigenvalue weighted by atomic mass is 10.1. The number of hydrogen-bond acceptors (Lipinski definition) is 3. The smallest absolute Gasteiger partial charge is 0.145 e.